The molecule has 0 aliphatic heterocycles. The Morgan fingerprint density at radius 1 is 1.29 bits per heavy atom. The van der Waals surface area contributed by atoms with Gasteiger partial charge in [-0.05, 0) is 36.1 Å². The number of nitrogens with one attached hydrogen (secondary N) is 1. The third kappa shape index (κ3) is 3.91. The molecule has 1 aromatic heterocycles. The van der Waals surface area contributed by atoms with E-state index in [1.807, 2.05) is 24.4 Å². The van der Waals surface area contributed by atoms with Gasteiger partial charge in [0.25, 0.3) is 0 Å². The van der Waals surface area contributed by atoms with Gasteiger partial charge in [0.15, 0.2) is 0 Å². The first-order valence-corrected chi connectivity index (χ1v) is 7.56. The van der Waals surface area contributed by atoms with E-state index in [4.69, 9.17) is 5.73 Å². The minimum Gasteiger partial charge on any atom is -0.399 e. The summed E-state index contributed by atoms with van der Waals surface area (Å²) in [4.78, 5) is 1.03. The van der Waals surface area contributed by atoms with Gasteiger partial charge in [-0.15, -0.1) is 11.3 Å². The smallest absolute Gasteiger partial charge is 0.399 e. The molecule has 0 aliphatic rings. The van der Waals surface area contributed by atoms with Gasteiger partial charge in [0.05, 0.1) is 11.6 Å². The van der Waals surface area contributed by atoms with E-state index < -0.39 is 11.7 Å². The first kappa shape index (κ1) is 15.7. The molecule has 0 aliphatic carbocycles. The van der Waals surface area contributed by atoms with Crippen LogP contribution in [-0.4, -0.2) is 0 Å². The Bertz CT molecular complexity index is 579. The predicted octanol–water partition coefficient (Wildman–Crippen LogP) is 5.30. The lowest BCUT2D eigenvalue weighted by molar-refractivity contribution is -0.136. The van der Waals surface area contributed by atoms with Crippen molar-refractivity contribution in [2.24, 2.45) is 0 Å². The SMILES string of the molecule is CCCC(Nc1ccc(N)cc1C(F)(F)F)c1cccs1. The van der Waals surface area contributed by atoms with Gasteiger partial charge < -0.3 is 11.1 Å². The Labute approximate surface area is 125 Å². The van der Waals surface area contributed by atoms with Crippen LogP contribution < -0.4 is 11.1 Å². The predicted molar refractivity (Wildman–Crippen MR) is 81.4 cm³/mol. The fourth-order valence-corrected chi connectivity index (χ4v) is 2.99. The molecule has 114 valence electrons. The van der Waals surface area contributed by atoms with Crippen molar-refractivity contribution in [2.75, 3.05) is 11.1 Å². The Hall–Kier alpha value is -1.69. The highest BCUT2D eigenvalue weighted by molar-refractivity contribution is 7.10. The van der Waals surface area contributed by atoms with Crippen LogP contribution in [0.1, 0.15) is 36.2 Å². The minimum atomic E-state index is -4.43. The molecule has 1 aromatic carbocycles. The van der Waals surface area contributed by atoms with Gasteiger partial charge in [0.2, 0.25) is 0 Å². The van der Waals surface area contributed by atoms with Crippen molar-refractivity contribution in [1.29, 1.82) is 0 Å². The second kappa shape index (κ2) is 6.39. The van der Waals surface area contributed by atoms with Crippen LogP contribution in [0.2, 0.25) is 0 Å². The monoisotopic (exact) mass is 314 g/mol. The summed E-state index contributed by atoms with van der Waals surface area (Å²) in [5.41, 5.74) is 4.94. The third-order valence-electron chi connectivity index (χ3n) is 3.14. The molecule has 0 bridgehead atoms. The molecular formula is C15H17F3N2S. The van der Waals surface area contributed by atoms with Crippen molar-refractivity contribution in [3.8, 4) is 0 Å². The molecule has 0 amide bonds. The number of anilines is 2. The van der Waals surface area contributed by atoms with E-state index in [2.05, 4.69) is 5.32 Å². The summed E-state index contributed by atoms with van der Waals surface area (Å²) >= 11 is 1.54. The third-order valence-corrected chi connectivity index (χ3v) is 4.13. The lowest BCUT2D eigenvalue weighted by Crippen LogP contribution is -2.15. The van der Waals surface area contributed by atoms with Gasteiger partial charge in [-0.2, -0.15) is 13.2 Å². The Balaban J connectivity index is 2.33. The second-order valence-corrected chi connectivity index (χ2v) is 5.78. The zero-order chi connectivity index (χ0) is 15.5. The van der Waals surface area contributed by atoms with Crippen molar-refractivity contribution < 1.29 is 13.2 Å². The van der Waals surface area contributed by atoms with Gasteiger partial charge in [0.1, 0.15) is 0 Å². The number of alkyl halides is 3. The first-order chi connectivity index (χ1) is 9.91. The second-order valence-electron chi connectivity index (χ2n) is 4.80. The summed E-state index contributed by atoms with van der Waals surface area (Å²) in [5.74, 6) is 0. The van der Waals surface area contributed by atoms with E-state index in [-0.39, 0.29) is 17.4 Å². The maximum Gasteiger partial charge on any atom is 0.418 e. The molecule has 1 heterocycles. The number of nitrogens with two attached hydrogens (primary N) is 1. The molecule has 0 fully saturated rings. The van der Waals surface area contributed by atoms with Crippen molar-refractivity contribution in [3.63, 3.8) is 0 Å². The summed E-state index contributed by atoms with van der Waals surface area (Å²) in [6.45, 7) is 2.01. The van der Waals surface area contributed by atoms with E-state index >= 15 is 0 Å². The van der Waals surface area contributed by atoms with E-state index in [1.54, 1.807) is 0 Å². The molecule has 0 saturated heterocycles. The molecule has 1 unspecified atom stereocenters. The largest absolute Gasteiger partial charge is 0.418 e. The van der Waals surface area contributed by atoms with Crippen molar-refractivity contribution in [3.05, 3.63) is 46.2 Å². The fraction of sp³-hybridized carbons (Fsp3) is 0.333. The van der Waals surface area contributed by atoms with Gasteiger partial charge >= 0.3 is 6.18 Å². The number of nitrogen functional groups attached to an aromatic ring is 1. The lowest BCUT2D eigenvalue weighted by atomic mass is 10.1. The molecule has 0 spiro atoms. The molecule has 1 atom stereocenters. The van der Waals surface area contributed by atoms with E-state index in [1.165, 1.54) is 23.5 Å². The molecule has 2 rings (SSSR count). The van der Waals surface area contributed by atoms with E-state index in [9.17, 15) is 13.2 Å². The van der Waals surface area contributed by atoms with Crippen LogP contribution in [0.4, 0.5) is 24.5 Å². The molecule has 6 heteroatoms. The molecule has 0 saturated carbocycles. The topological polar surface area (TPSA) is 38.0 Å². The zero-order valence-electron chi connectivity index (χ0n) is 11.6. The number of hydrogen-bond acceptors (Lipinski definition) is 3. The van der Waals surface area contributed by atoms with E-state index in [0.29, 0.717) is 0 Å². The van der Waals surface area contributed by atoms with Crippen LogP contribution in [0, 0.1) is 0 Å². The van der Waals surface area contributed by atoms with Crippen LogP contribution in [0.5, 0.6) is 0 Å². The minimum absolute atomic E-state index is 0.0727. The molecule has 2 nitrogen and oxygen atoms in total. The van der Waals surface area contributed by atoms with Crippen LogP contribution in [0.3, 0.4) is 0 Å². The van der Waals surface area contributed by atoms with Crippen LogP contribution in [-0.2, 0) is 6.18 Å². The molecule has 3 N–H and O–H groups in total. The maximum absolute atomic E-state index is 13.1. The summed E-state index contributed by atoms with van der Waals surface area (Å²) < 4.78 is 39.3. The highest BCUT2D eigenvalue weighted by Crippen LogP contribution is 2.38. The zero-order valence-corrected chi connectivity index (χ0v) is 12.4. The van der Waals surface area contributed by atoms with E-state index in [0.717, 1.165) is 23.8 Å². The maximum atomic E-state index is 13.1. The molecule has 21 heavy (non-hydrogen) atoms. The summed E-state index contributed by atoms with van der Waals surface area (Å²) in [5, 5.41) is 4.94. The highest BCUT2D eigenvalue weighted by Gasteiger charge is 2.34. The van der Waals surface area contributed by atoms with Gasteiger partial charge in [-0.25, -0.2) is 0 Å². The van der Waals surface area contributed by atoms with Crippen LogP contribution >= 0.6 is 11.3 Å². The van der Waals surface area contributed by atoms with Gasteiger partial charge in [0, 0.05) is 16.3 Å². The highest BCUT2D eigenvalue weighted by atomic mass is 32.1. The van der Waals surface area contributed by atoms with Crippen molar-refractivity contribution in [1.82, 2.24) is 0 Å². The lowest BCUT2D eigenvalue weighted by Gasteiger charge is -2.21. The average Bonchev–Trinajstić information content (AvgIpc) is 2.93. The number of hydrogen-bond donors (Lipinski definition) is 2. The van der Waals surface area contributed by atoms with Crippen molar-refractivity contribution >= 4 is 22.7 Å². The number of halogens is 3. The summed E-state index contributed by atoms with van der Waals surface area (Å²) in [7, 11) is 0. The number of thiophene rings is 1. The van der Waals surface area contributed by atoms with Gasteiger partial charge in [-0.3, -0.25) is 0 Å². The Kier molecular flexibility index (Phi) is 4.77. The summed E-state index contributed by atoms with van der Waals surface area (Å²) in [6, 6.07) is 7.56. The number of benzene rings is 1. The van der Waals surface area contributed by atoms with Crippen LogP contribution in [0.15, 0.2) is 35.7 Å². The normalized spacial score (nSPS) is 13.1. The van der Waals surface area contributed by atoms with Crippen molar-refractivity contribution in [2.45, 2.75) is 32.0 Å². The Morgan fingerprint density at radius 2 is 2.05 bits per heavy atom. The van der Waals surface area contributed by atoms with Crippen LogP contribution in [0.25, 0.3) is 0 Å². The Morgan fingerprint density at radius 3 is 2.62 bits per heavy atom. The standard InChI is InChI=1S/C15H17F3N2S/c1-2-4-13(14-5-3-8-21-14)20-12-7-6-10(19)9-11(12)15(16,17)18/h3,5-9,13,20H,2,4,19H2,1H3. The quantitative estimate of drug-likeness (QED) is 0.735. The number of rotatable bonds is 5. The first-order valence-electron chi connectivity index (χ1n) is 6.68. The average molecular weight is 314 g/mol. The summed E-state index contributed by atoms with van der Waals surface area (Å²) in [6.07, 6.45) is -2.78. The molecule has 0 radical (unpaired) electrons. The van der Waals surface area contributed by atoms with Gasteiger partial charge in [-0.1, -0.05) is 19.4 Å². The molecular weight excluding hydrogens is 297 g/mol. The fourth-order valence-electron chi connectivity index (χ4n) is 2.17. The molecule has 2 aromatic rings.